The van der Waals surface area contributed by atoms with Gasteiger partial charge in [-0.1, -0.05) is 25.5 Å². The van der Waals surface area contributed by atoms with E-state index in [-0.39, 0.29) is 0 Å². The van der Waals surface area contributed by atoms with Gasteiger partial charge in [0.05, 0.1) is 4.47 Å². The lowest BCUT2D eigenvalue weighted by Gasteiger charge is -2.10. The summed E-state index contributed by atoms with van der Waals surface area (Å²) in [7, 11) is 0. The van der Waals surface area contributed by atoms with Crippen molar-refractivity contribution in [3.8, 4) is 11.6 Å². The van der Waals surface area contributed by atoms with Crippen molar-refractivity contribution < 1.29 is 4.74 Å². The number of nitrogens with zero attached hydrogens (tertiary/aromatic N) is 1. The fourth-order valence-corrected chi connectivity index (χ4v) is 2.18. The molecule has 1 aromatic carbocycles. The van der Waals surface area contributed by atoms with Gasteiger partial charge >= 0.3 is 0 Å². The van der Waals surface area contributed by atoms with Gasteiger partial charge in [0, 0.05) is 18.3 Å². The van der Waals surface area contributed by atoms with Crippen LogP contribution in [0, 0.1) is 0 Å². The zero-order valence-corrected chi connectivity index (χ0v) is 12.5. The molecule has 2 aromatic rings. The average molecular weight is 321 g/mol. The van der Waals surface area contributed by atoms with E-state index in [9.17, 15) is 0 Å². The summed E-state index contributed by atoms with van der Waals surface area (Å²) >= 11 is 3.46. The Hall–Kier alpha value is -1.39. The summed E-state index contributed by atoms with van der Waals surface area (Å²) in [6, 6.07) is 11.6. The number of hydrogen-bond donors (Lipinski definition) is 1. The van der Waals surface area contributed by atoms with Crippen molar-refractivity contribution in [3.63, 3.8) is 0 Å². The lowest BCUT2D eigenvalue weighted by molar-refractivity contribution is 0.457. The highest BCUT2D eigenvalue weighted by atomic mass is 79.9. The molecule has 0 aliphatic heterocycles. The van der Waals surface area contributed by atoms with Crippen LogP contribution in [0.25, 0.3) is 0 Å². The van der Waals surface area contributed by atoms with Crippen LogP contribution < -0.4 is 10.5 Å². The van der Waals surface area contributed by atoms with Crippen LogP contribution in [0.15, 0.2) is 40.9 Å². The van der Waals surface area contributed by atoms with E-state index in [1.165, 1.54) is 0 Å². The number of ether oxygens (including phenoxy) is 1. The third-order valence-corrected chi connectivity index (χ3v) is 3.36. The maximum absolute atomic E-state index is 5.83. The Morgan fingerprint density at radius 1 is 1.26 bits per heavy atom. The Morgan fingerprint density at radius 3 is 2.74 bits per heavy atom. The van der Waals surface area contributed by atoms with E-state index < -0.39 is 0 Å². The molecule has 0 bridgehead atoms. The molecule has 0 aliphatic carbocycles. The zero-order chi connectivity index (χ0) is 13.7. The predicted octanol–water partition coefficient (Wildman–Crippen LogP) is 4.05. The largest absolute Gasteiger partial charge is 0.438 e. The standard InChI is InChI=1S/C15H17BrN2O/c1-2-5-12-8-11(10-17)9-15(18-12)19-14-7-4-3-6-13(14)16/h3-4,6-9H,2,5,10,17H2,1H3. The van der Waals surface area contributed by atoms with Gasteiger partial charge in [-0.25, -0.2) is 4.98 Å². The van der Waals surface area contributed by atoms with Crippen LogP contribution in [0.2, 0.25) is 0 Å². The molecule has 100 valence electrons. The fraction of sp³-hybridized carbons (Fsp3) is 0.267. The van der Waals surface area contributed by atoms with E-state index in [0.717, 1.165) is 34.3 Å². The topological polar surface area (TPSA) is 48.1 Å². The number of nitrogens with two attached hydrogens (primary N) is 1. The molecule has 1 heterocycles. The molecule has 3 nitrogen and oxygen atoms in total. The highest BCUT2D eigenvalue weighted by Crippen LogP contribution is 2.28. The van der Waals surface area contributed by atoms with Crippen molar-refractivity contribution in [2.45, 2.75) is 26.3 Å². The molecule has 0 saturated carbocycles. The maximum atomic E-state index is 5.83. The molecule has 4 heteroatoms. The lowest BCUT2D eigenvalue weighted by Crippen LogP contribution is -2.01. The van der Waals surface area contributed by atoms with E-state index in [2.05, 4.69) is 27.8 Å². The first-order chi connectivity index (χ1) is 9.22. The molecule has 19 heavy (non-hydrogen) atoms. The van der Waals surface area contributed by atoms with Crippen LogP contribution in [0.5, 0.6) is 11.6 Å². The van der Waals surface area contributed by atoms with Gasteiger partial charge in [0.25, 0.3) is 0 Å². The van der Waals surface area contributed by atoms with Crippen molar-refractivity contribution >= 4 is 15.9 Å². The first-order valence-electron chi connectivity index (χ1n) is 6.35. The number of pyridine rings is 1. The van der Waals surface area contributed by atoms with Crippen LogP contribution in [0.1, 0.15) is 24.6 Å². The minimum atomic E-state index is 0.492. The molecule has 0 saturated heterocycles. The van der Waals surface area contributed by atoms with Gasteiger partial charge < -0.3 is 10.5 Å². The molecule has 0 radical (unpaired) electrons. The van der Waals surface area contributed by atoms with Crippen LogP contribution in [-0.2, 0) is 13.0 Å². The molecule has 0 fully saturated rings. The van der Waals surface area contributed by atoms with Gasteiger partial charge in [-0.3, -0.25) is 0 Å². The molecule has 2 N–H and O–H groups in total. The van der Waals surface area contributed by atoms with Gasteiger partial charge in [-0.2, -0.15) is 0 Å². The summed E-state index contributed by atoms with van der Waals surface area (Å²) in [5.41, 5.74) is 7.78. The second-order valence-corrected chi connectivity index (χ2v) is 5.15. The smallest absolute Gasteiger partial charge is 0.219 e. The van der Waals surface area contributed by atoms with Crippen molar-refractivity contribution in [2.24, 2.45) is 5.73 Å². The summed E-state index contributed by atoms with van der Waals surface area (Å²) in [5.74, 6) is 1.35. The van der Waals surface area contributed by atoms with Crippen molar-refractivity contribution in [1.29, 1.82) is 0 Å². The highest BCUT2D eigenvalue weighted by molar-refractivity contribution is 9.10. The molecule has 2 rings (SSSR count). The third kappa shape index (κ3) is 3.78. The Kier molecular flexibility index (Phi) is 4.93. The third-order valence-electron chi connectivity index (χ3n) is 2.71. The van der Waals surface area contributed by atoms with Crippen LogP contribution >= 0.6 is 15.9 Å². The van der Waals surface area contributed by atoms with Crippen LogP contribution in [0.4, 0.5) is 0 Å². The molecule has 0 aliphatic rings. The number of para-hydroxylation sites is 1. The van der Waals surface area contributed by atoms with E-state index in [0.29, 0.717) is 12.4 Å². The van der Waals surface area contributed by atoms with Gasteiger partial charge in [0.1, 0.15) is 5.75 Å². The number of aromatic nitrogens is 1. The Labute approximate surface area is 121 Å². The Bertz CT molecular complexity index is 558. The monoisotopic (exact) mass is 320 g/mol. The van der Waals surface area contributed by atoms with E-state index >= 15 is 0 Å². The molecular weight excluding hydrogens is 304 g/mol. The molecule has 0 spiro atoms. The van der Waals surface area contributed by atoms with Crippen molar-refractivity contribution in [2.75, 3.05) is 0 Å². The molecule has 0 atom stereocenters. The molecule has 1 aromatic heterocycles. The summed E-state index contributed by atoms with van der Waals surface area (Å²) in [5, 5.41) is 0. The van der Waals surface area contributed by atoms with Gasteiger partial charge in [0.15, 0.2) is 0 Å². The quantitative estimate of drug-likeness (QED) is 0.904. The first kappa shape index (κ1) is 14.0. The lowest BCUT2D eigenvalue weighted by atomic mass is 10.1. The van der Waals surface area contributed by atoms with Gasteiger partial charge in [-0.15, -0.1) is 0 Å². The van der Waals surface area contributed by atoms with Gasteiger partial charge in [0.2, 0.25) is 5.88 Å². The van der Waals surface area contributed by atoms with Crippen molar-refractivity contribution in [1.82, 2.24) is 4.98 Å². The predicted molar refractivity (Wildman–Crippen MR) is 80.3 cm³/mol. The van der Waals surface area contributed by atoms with E-state index in [1.54, 1.807) is 0 Å². The average Bonchev–Trinajstić information content (AvgIpc) is 2.41. The van der Waals surface area contributed by atoms with E-state index in [1.807, 2.05) is 36.4 Å². The first-order valence-corrected chi connectivity index (χ1v) is 7.14. The number of aryl methyl sites for hydroxylation is 1. The van der Waals surface area contributed by atoms with Gasteiger partial charge in [-0.05, 0) is 46.1 Å². The van der Waals surface area contributed by atoms with Crippen LogP contribution in [0.3, 0.4) is 0 Å². The normalized spacial score (nSPS) is 10.5. The second-order valence-electron chi connectivity index (χ2n) is 4.29. The zero-order valence-electron chi connectivity index (χ0n) is 10.9. The second kappa shape index (κ2) is 6.68. The SMILES string of the molecule is CCCc1cc(CN)cc(Oc2ccccc2Br)n1. The van der Waals surface area contributed by atoms with E-state index in [4.69, 9.17) is 10.5 Å². The highest BCUT2D eigenvalue weighted by Gasteiger charge is 2.06. The molecule has 0 amide bonds. The number of rotatable bonds is 5. The number of hydrogen-bond acceptors (Lipinski definition) is 3. The summed E-state index contributed by atoms with van der Waals surface area (Å²) < 4.78 is 6.73. The van der Waals surface area contributed by atoms with Crippen molar-refractivity contribution in [3.05, 3.63) is 52.1 Å². The summed E-state index contributed by atoms with van der Waals surface area (Å²) in [4.78, 5) is 4.51. The minimum absolute atomic E-state index is 0.492. The van der Waals surface area contributed by atoms with Crippen LogP contribution in [-0.4, -0.2) is 4.98 Å². The maximum Gasteiger partial charge on any atom is 0.219 e. The molecule has 0 unspecified atom stereocenters. The fourth-order valence-electron chi connectivity index (χ4n) is 1.81. The summed E-state index contributed by atoms with van der Waals surface area (Å²) in [6.07, 6.45) is 1.98. The Balaban J connectivity index is 2.29. The summed E-state index contributed by atoms with van der Waals surface area (Å²) in [6.45, 7) is 2.62. The number of benzene rings is 1. The number of halogens is 1. The minimum Gasteiger partial charge on any atom is -0.438 e. The molecular formula is C15H17BrN2O. The Morgan fingerprint density at radius 2 is 2.05 bits per heavy atom.